The molecule has 10 heteroatoms. The van der Waals surface area contributed by atoms with Crippen molar-refractivity contribution in [3.63, 3.8) is 0 Å². The number of nitrogens with zero attached hydrogens (tertiary/aromatic N) is 2. The van der Waals surface area contributed by atoms with E-state index in [1.807, 2.05) is 0 Å². The molecule has 2 heterocycles. The van der Waals surface area contributed by atoms with Crippen molar-refractivity contribution >= 4 is 62.3 Å². The quantitative estimate of drug-likeness (QED) is 0.681. The minimum absolute atomic E-state index is 0.0724. The fourth-order valence-corrected chi connectivity index (χ4v) is 4.26. The number of aromatic nitrogens is 2. The van der Waals surface area contributed by atoms with Gasteiger partial charge in [0.15, 0.2) is 0 Å². The van der Waals surface area contributed by atoms with Crippen LogP contribution in [0.1, 0.15) is 11.1 Å². The van der Waals surface area contributed by atoms with Crippen molar-refractivity contribution in [1.29, 1.82) is 0 Å². The van der Waals surface area contributed by atoms with Gasteiger partial charge in [-0.05, 0) is 30.2 Å². The topological polar surface area (TPSA) is 81.3 Å². The average molecular weight is 434 g/mol. The fraction of sp³-hybridized carbons (Fsp3) is 0.188. The molecule has 3 rings (SSSR count). The van der Waals surface area contributed by atoms with Crippen molar-refractivity contribution < 1.29 is 9.90 Å². The Morgan fingerprint density at radius 3 is 2.46 bits per heavy atom. The standard InChI is InChI=1S/C16H11Cl3N2O4S/c1-7-12-14(24)20(5-8-2-3-9(17)10(18)4-8)16(25)21(6-11(22)23)15(12)26-13(7)19/h2-4H,5-6H2,1H3,(H,22,23). The first-order valence-corrected chi connectivity index (χ1v) is 9.23. The van der Waals surface area contributed by atoms with Gasteiger partial charge in [0, 0.05) is 0 Å². The van der Waals surface area contributed by atoms with Crippen LogP contribution in [0.5, 0.6) is 0 Å². The van der Waals surface area contributed by atoms with E-state index in [0.717, 1.165) is 20.5 Å². The van der Waals surface area contributed by atoms with Gasteiger partial charge < -0.3 is 5.11 Å². The van der Waals surface area contributed by atoms with E-state index < -0.39 is 23.8 Å². The molecule has 0 amide bonds. The minimum Gasteiger partial charge on any atom is -0.480 e. The van der Waals surface area contributed by atoms with E-state index in [-0.39, 0.29) is 16.8 Å². The summed E-state index contributed by atoms with van der Waals surface area (Å²) in [6.45, 7) is 1.01. The summed E-state index contributed by atoms with van der Waals surface area (Å²) in [7, 11) is 0. The lowest BCUT2D eigenvalue weighted by atomic mass is 10.2. The van der Waals surface area contributed by atoms with Crippen molar-refractivity contribution in [2.45, 2.75) is 20.0 Å². The van der Waals surface area contributed by atoms with Gasteiger partial charge in [-0.1, -0.05) is 40.9 Å². The van der Waals surface area contributed by atoms with Gasteiger partial charge in [0.2, 0.25) is 0 Å². The van der Waals surface area contributed by atoms with Crippen LogP contribution >= 0.6 is 46.1 Å². The van der Waals surface area contributed by atoms with Crippen LogP contribution in [0.3, 0.4) is 0 Å². The minimum atomic E-state index is -1.20. The smallest absolute Gasteiger partial charge is 0.332 e. The maximum absolute atomic E-state index is 12.9. The highest BCUT2D eigenvalue weighted by molar-refractivity contribution is 7.22. The van der Waals surface area contributed by atoms with E-state index in [1.54, 1.807) is 25.1 Å². The molecule has 0 saturated carbocycles. The van der Waals surface area contributed by atoms with E-state index in [9.17, 15) is 14.4 Å². The van der Waals surface area contributed by atoms with Crippen LogP contribution in [0.25, 0.3) is 10.2 Å². The molecule has 0 saturated heterocycles. The molecule has 26 heavy (non-hydrogen) atoms. The monoisotopic (exact) mass is 432 g/mol. The highest BCUT2D eigenvalue weighted by atomic mass is 35.5. The van der Waals surface area contributed by atoms with Crippen LogP contribution < -0.4 is 11.2 Å². The lowest BCUT2D eigenvalue weighted by Gasteiger charge is -2.11. The molecule has 0 bridgehead atoms. The maximum atomic E-state index is 12.9. The number of hydrogen-bond donors (Lipinski definition) is 1. The molecule has 0 aliphatic heterocycles. The number of carboxylic acid groups (broad SMARTS) is 1. The highest BCUT2D eigenvalue weighted by Crippen LogP contribution is 2.32. The third-order valence-corrected chi connectivity index (χ3v) is 6.21. The second-order valence-electron chi connectivity index (χ2n) is 5.58. The van der Waals surface area contributed by atoms with E-state index >= 15 is 0 Å². The molecule has 0 unspecified atom stereocenters. The molecule has 6 nitrogen and oxygen atoms in total. The Bertz CT molecular complexity index is 1160. The Morgan fingerprint density at radius 1 is 1.15 bits per heavy atom. The number of aryl methyl sites for hydroxylation is 1. The van der Waals surface area contributed by atoms with Crippen LogP contribution in [0.2, 0.25) is 14.4 Å². The Hall–Kier alpha value is -1.80. The van der Waals surface area contributed by atoms with Gasteiger partial charge in [-0.2, -0.15) is 0 Å². The van der Waals surface area contributed by atoms with E-state index in [4.69, 9.17) is 39.9 Å². The van der Waals surface area contributed by atoms with Crippen molar-refractivity contribution in [2.75, 3.05) is 0 Å². The Labute approximate surface area is 165 Å². The zero-order valence-electron chi connectivity index (χ0n) is 13.3. The number of thiophene rings is 1. The van der Waals surface area contributed by atoms with Gasteiger partial charge in [0.1, 0.15) is 11.4 Å². The molecule has 1 aromatic carbocycles. The number of benzene rings is 1. The number of rotatable bonds is 4. The van der Waals surface area contributed by atoms with Crippen LogP contribution in [-0.4, -0.2) is 20.2 Å². The first-order valence-electron chi connectivity index (χ1n) is 7.28. The molecule has 3 aromatic rings. The highest BCUT2D eigenvalue weighted by Gasteiger charge is 2.20. The van der Waals surface area contributed by atoms with Crippen molar-refractivity contribution in [1.82, 2.24) is 9.13 Å². The van der Waals surface area contributed by atoms with Gasteiger partial charge in [-0.3, -0.25) is 18.7 Å². The summed E-state index contributed by atoms with van der Waals surface area (Å²) in [5.41, 5.74) is -0.162. The maximum Gasteiger partial charge on any atom is 0.332 e. The second-order valence-corrected chi connectivity index (χ2v) is 8.00. The summed E-state index contributed by atoms with van der Waals surface area (Å²) < 4.78 is 2.35. The van der Waals surface area contributed by atoms with Crippen molar-refractivity contribution in [3.8, 4) is 0 Å². The van der Waals surface area contributed by atoms with Crippen LogP contribution in [0.4, 0.5) is 0 Å². The lowest BCUT2D eigenvalue weighted by molar-refractivity contribution is -0.137. The van der Waals surface area contributed by atoms with Gasteiger partial charge in [-0.15, -0.1) is 11.3 Å². The average Bonchev–Trinajstić information content (AvgIpc) is 2.86. The predicted molar refractivity (Wildman–Crippen MR) is 103 cm³/mol. The number of halogens is 3. The van der Waals surface area contributed by atoms with E-state index in [0.29, 0.717) is 25.5 Å². The second kappa shape index (κ2) is 7.08. The van der Waals surface area contributed by atoms with Crippen molar-refractivity contribution in [3.05, 3.63) is 64.5 Å². The summed E-state index contributed by atoms with van der Waals surface area (Å²) in [6.07, 6.45) is 0. The number of hydrogen-bond acceptors (Lipinski definition) is 4. The Morgan fingerprint density at radius 2 is 1.85 bits per heavy atom. The normalized spacial score (nSPS) is 11.2. The molecule has 0 fully saturated rings. The number of carboxylic acids is 1. The molecule has 1 N–H and O–H groups in total. The molecule has 0 radical (unpaired) electrons. The van der Waals surface area contributed by atoms with Crippen molar-refractivity contribution in [2.24, 2.45) is 0 Å². The molecule has 0 atom stereocenters. The van der Waals surface area contributed by atoms with E-state index in [1.165, 1.54) is 0 Å². The summed E-state index contributed by atoms with van der Waals surface area (Å²) >= 11 is 19.0. The third kappa shape index (κ3) is 3.27. The Kier molecular flexibility index (Phi) is 5.16. The van der Waals surface area contributed by atoms with Crippen LogP contribution in [-0.2, 0) is 17.9 Å². The lowest BCUT2D eigenvalue weighted by Crippen LogP contribution is -2.41. The van der Waals surface area contributed by atoms with Gasteiger partial charge in [0.25, 0.3) is 5.56 Å². The summed E-state index contributed by atoms with van der Waals surface area (Å²) in [6, 6.07) is 4.75. The molecule has 0 aliphatic carbocycles. The molecular weight excluding hydrogens is 423 g/mol. The number of aliphatic carboxylic acids is 1. The number of fused-ring (bicyclic) bond motifs is 1. The molecule has 0 aliphatic rings. The zero-order valence-corrected chi connectivity index (χ0v) is 16.3. The number of carbonyl (C=O) groups is 1. The molecule has 2 aromatic heterocycles. The predicted octanol–water partition coefficient (Wildman–Crippen LogP) is 3.63. The fourth-order valence-electron chi connectivity index (χ4n) is 2.60. The SMILES string of the molecule is Cc1c(Cl)sc2c1c(=O)n(Cc1ccc(Cl)c(Cl)c1)c(=O)n2CC(=O)O. The first kappa shape index (κ1) is 19.0. The summed E-state index contributed by atoms with van der Waals surface area (Å²) in [4.78, 5) is 37.1. The Balaban J connectivity index is 2.29. The van der Waals surface area contributed by atoms with Gasteiger partial charge >= 0.3 is 11.7 Å². The molecule has 0 spiro atoms. The third-order valence-electron chi connectivity index (χ3n) is 3.85. The zero-order chi connectivity index (χ0) is 19.2. The van der Waals surface area contributed by atoms with Gasteiger partial charge in [0.05, 0.1) is 26.3 Å². The molecular formula is C16H11Cl3N2O4S. The largest absolute Gasteiger partial charge is 0.480 e. The van der Waals surface area contributed by atoms with E-state index in [2.05, 4.69) is 0 Å². The first-order chi connectivity index (χ1) is 12.2. The van der Waals surface area contributed by atoms with Gasteiger partial charge in [-0.25, -0.2) is 4.79 Å². The van der Waals surface area contributed by atoms with Crippen LogP contribution in [0.15, 0.2) is 27.8 Å². The molecule has 136 valence electrons. The summed E-state index contributed by atoms with van der Waals surface area (Å²) in [5, 5.41) is 10.0. The summed E-state index contributed by atoms with van der Waals surface area (Å²) in [5.74, 6) is -1.20. The van der Waals surface area contributed by atoms with Crippen LogP contribution in [0, 0.1) is 6.92 Å².